The predicted octanol–water partition coefficient (Wildman–Crippen LogP) is 1.14. The zero-order chi connectivity index (χ0) is 16.3. The number of rotatable bonds is 6. The van der Waals surface area contributed by atoms with Gasteiger partial charge >= 0.3 is 18.1 Å². The molecule has 0 unspecified atom stereocenters. The highest BCUT2D eigenvalue weighted by molar-refractivity contribution is 7.84. The summed E-state index contributed by atoms with van der Waals surface area (Å²) in [5.74, 6) is -5.99. The molecule has 0 aliphatic heterocycles. The van der Waals surface area contributed by atoms with E-state index in [2.05, 4.69) is 0 Å². The Morgan fingerprint density at radius 3 is 1.80 bits per heavy atom. The Morgan fingerprint density at radius 2 is 1.55 bits per heavy atom. The lowest BCUT2D eigenvalue weighted by atomic mass is 10.0. The van der Waals surface area contributed by atoms with Gasteiger partial charge in [0.05, 0.1) is 15.7 Å². The molecule has 0 radical (unpaired) electrons. The van der Waals surface area contributed by atoms with Gasteiger partial charge < -0.3 is 10.2 Å². The van der Waals surface area contributed by atoms with Gasteiger partial charge in [0.2, 0.25) is 0 Å². The van der Waals surface area contributed by atoms with Crippen LogP contribution in [0.25, 0.3) is 0 Å². The van der Waals surface area contributed by atoms with E-state index in [1.165, 1.54) is 20.8 Å². The predicted molar refractivity (Wildman–Crippen MR) is 64.3 cm³/mol. The summed E-state index contributed by atoms with van der Waals surface area (Å²) in [5, 5.41) is 17.2. The van der Waals surface area contributed by atoms with Crippen molar-refractivity contribution in [3.8, 4) is 0 Å². The van der Waals surface area contributed by atoms with E-state index in [1.807, 2.05) is 0 Å². The van der Waals surface area contributed by atoms with Gasteiger partial charge in [-0.3, -0.25) is 9.59 Å². The molecule has 0 aliphatic rings. The highest BCUT2D eigenvalue weighted by Crippen LogP contribution is 2.27. The third-order valence-electron chi connectivity index (χ3n) is 2.27. The number of aliphatic carboxylic acids is 2. The largest absolute Gasteiger partial charge is 0.481 e. The fourth-order valence-corrected chi connectivity index (χ4v) is 1.94. The summed E-state index contributed by atoms with van der Waals surface area (Å²) < 4.78 is 50.7. The van der Waals surface area contributed by atoms with Crippen LogP contribution >= 0.6 is 0 Å². The van der Waals surface area contributed by atoms with Crippen molar-refractivity contribution in [1.82, 2.24) is 4.72 Å². The molecule has 0 amide bonds. The molecule has 0 saturated carbocycles. The van der Waals surface area contributed by atoms with Crippen LogP contribution < -0.4 is 4.72 Å². The van der Waals surface area contributed by atoms with Crippen molar-refractivity contribution in [3.63, 3.8) is 0 Å². The van der Waals surface area contributed by atoms with Gasteiger partial charge in [-0.2, -0.15) is 13.2 Å². The minimum absolute atomic E-state index is 1.01. The molecule has 0 aromatic carbocycles. The van der Waals surface area contributed by atoms with Crippen LogP contribution in [-0.2, 0) is 20.6 Å². The van der Waals surface area contributed by atoms with Gasteiger partial charge in [-0.1, -0.05) is 0 Å². The van der Waals surface area contributed by atoms with E-state index < -0.39 is 52.2 Å². The number of halogens is 3. The van der Waals surface area contributed by atoms with Gasteiger partial charge in [0, 0.05) is 0 Å². The molecule has 0 aliphatic carbocycles. The van der Waals surface area contributed by atoms with E-state index in [9.17, 15) is 27.0 Å². The minimum Gasteiger partial charge on any atom is -0.481 e. The number of carbonyl (C=O) groups is 2. The lowest BCUT2D eigenvalue weighted by Crippen LogP contribution is -2.49. The van der Waals surface area contributed by atoms with Crippen molar-refractivity contribution >= 4 is 22.9 Å². The number of carboxylic acid groups (broad SMARTS) is 2. The quantitative estimate of drug-likeness (QED) is 0.637. The van der Waals surface area contributed by atoms with Crippen LogP contribution in [-0.4, -0.2) is 43.3 Å². The van der Waals surface area contributed by atoms with E-state index >= 15 is 0 Å². The molecule has 0 rings (SSSR count). The van der Waals surface area contributed by atoms with Gasteiger partial charge in [-0.25, -0.2) is 8.93 Å². The average molecular weight is 319 g/mol. The van der Waals surface area contributed by atoms with Gasteiger partial charge in [-0.05, 0) is 27.2 Å². The summed E-state index contributed by atoms with van der Waals surface area (Å²) in [5.41, 5.74) is 0. The molecule has 3 N–H and O–H groups in total. The zero-order valence-corrected chi connectivity index (χ0v) is 11.8. The number of hydrogen-bond donors (Lipinski definition) is 3. The maximum Gasteiger partial charge on any atom is 0.404 e. The van der Waals surface area contributed by atoms with Crippen molar-refractivity contribution in [3.05, 3.63) is 0 Å². The van der Waals surface area contributed by atoms with Crippen LogP contribution in [0.1, 0.15) is 27.2 Å². The second-order valence-electron chi connectivity index (χ2n) is 5.06. The SMILES string of the molecule is CC(C)(C)[S@@](=O)N[C@@H](CC(C(=O)O)C(=O)O)C(F)(F)F. The van der Waals surface area contributed by atoms with Gasteiger partial charge in [-0.15, -0.1) is 0 Å². The summed E-state index contributed by atoms with van der Waals surface area (Å²) in [6.07, 6.45) is -6.15. The van der Waals surface area contributed by atoms with Crippen LogP contribution in [0.3, 0.4) is 0 Å². The summed E-state index contributed by atoms with van der Waals surface area (Å²) in [6, 6.07) is -2.49. The second-order valence-corrected chi connectivity index (χ2v) is 7.06. The summed E-state index contributed by atoms with van der Waals surface area (Å²) in [7, 11) is -2.11. The minimum atomic E-state index is -4.91. The maximum absolute atomic E-state index is 12.8. The number of nitrogens with one attached hydrogen (secondary N) is 1. The third-order valence-corrected chi connectivity index (χ3v) is 3.88. The first kappa shape index (κ1) is 18.8. The Labute approximate surface area is 115 Å². The van der Waals surface area contributed by atoms with Gasteiger partial charge in [0.1, 0.15) is 6.04 Å². The molecule has 118 valence electrons. The van der Waals surface area contributed by atoms with Gasteiger partial charge in [0.15, 0.2) is 5.92 Å². The van der Waals surface area contributed by atoms with Crippen molar-refractivity contribution < 1.29 is 37.2 Å². The third kappa shape index (κ3) is 5.87. The molecule has 0 spiro atoms. The molecular formula is C10H16F3NO5S. The van der Waals surface area contributed by atoms with Gasteiger partial charge in [0.25, 0.3) is 0 Å². The Hall–Kier alpha value is -1.16. The summed E-state index contributed by atoms with van der Waals surface area (Å²) in [6.45, 7) is 4.28. The highest BCUT2D eigenvalue weighted by Gasteiger charge is 2.45. The molecule has 6 nitrogen and oxygen atoms in total. The molecule has 2 atom stereocenters. The van der Waals surface area contributed by atoms with Crippen LogP contribution in [0.15, 0.2) is 0 Å². The Bertz CT molecular complexity index is 391. The molecular weight excluding hydrogens is 303 g/mol. The number of carboxylic acids is 2. The Kier molecular flexibility index (Phi) is 6.15. The second kappa shape index (κ2) is 6.53. The maximum atomic E-state index is 12.8. The van der Waals surface area contributed by atoms with Crippen LogP contribution in [0.2, 0.25) is 0 Å². The first-order valence-electron chi connectivity index (χ1n) is 5.47. The van der Waals surface area contributed by atoms with Crippen molar-refractivity contribution in [2.75, 3.05) is 0 Å². The normalized spacial score (nSPS) is 15.9. The molecule has 0 aromatic heterocycles. The number of alkyl halides is 3. The molecule has 0 heterocycles. The Balaban J connectivity index is 5.15. The van der Waals surface area contributed by atoms with Crippen molar-refractivity contribution in [1.29, 1.82) is 0 Å². The van der Waals surface area contributed by atoms with Crippen LogP contribution in [0, 0.1) is 5.92 Å². The molecule has 0 saturated heterocycles. The van der Waals surface area contributed by atoms with E-state index in [4.69, 9.17) is 10.2 Å². The molecule has 0 aromatic rings. The van der Waals surface area contributed by atoms with E-state index in [0.29, 0.717) is 0 Å². The fourth-order valence-electron chi connectivity index (χ4n) is 1.10. The fraction of sp³-hybridized carbons (Fsp3) is 0.800. The lowest BCUT2D eigenvalue weighted by Gasteiger charge is -2.26. The van der Waals surface area contributed by atoms with E-state index in [0.717, 1.165) is 0 Å². The monoisotopic (exact) mass is 319 g/mol. The van der Waals surface area contributed by atoms with Crippen molar-refractivity contribution in [2.24, 2.45) is 5.92 Å². The average Bonchev–Trinajstić information content (AvgIpc) is 2.19. The van der Waals surface area contributed by atoms with E-state index in [-0.39, 0.29) is 0 Å². The van der Waals surface area contributed by atoms with Crippen LogP contribution in [0.4, 0.5) is 13.2 Å². The first-order chi connectivity index (χ1) is 8.76. The number of hydrogen-bond acceptors (Lipinski definition) is 3. The molecule has 0 fully saturated rings. The molecule has 10 heteroatoms. The highest BCUT2D eigenvalue weighted by atomic mass is 32.2. The molecule has 0 bridgehead atoms. The van der Waals surface area contributed by atoms with Crippen molar-refractivity contribution in [2.45, 2.75) is 44.2 Å². The summed E-state index contributed by atoms with van der Waals surface area (Å²) in [4.78, 5) is 21.3. The smallest absolute Gasteiger partial charge is 0.404 e. The molecule has 20 heavy (non-hydrogen) atoms. The zero-order valence-electron chi connectivity index (χ0n) is 11.0. The summed E-state index contributed by atoms with van der Waals surface area (Å²) >= 11 is 0. The first-order valence-corrected chi connectivity index (χ1v) is 6.62. The topological polar surface area (TPSA) is 104 Å². The van der Waals surface area contributed by atoms with E-state index in [1.54, 1.807) is 4.72 Å². The standard InChI is InChI=1S/C10H16F3NO5S/c1-9(2,3)20(19)14-6(10(11,12)13)4-5(7(15)16)8(17)18/h5-6,14H,4H2,1-3H3,(H,15,16)(H,17,18)/t6-,20+/m0/s1. The Morgan fingerprint density at radius 1 is 1.15 bits per heavy atom. The lowest BCUT2D eigenvalue weighted by molar-refractivity contribution is -0.166. The van der Waals surface area contributed by atoms with Crippen LogP contribution in [0.5, 0.6) is 0 Å².